The van der Waals surface area contributed by atoms with Crippen LogP contribution in [0.1, 0.15) is 26.3 Å². The summed E-state index contributed by atoms with van der Waals surface area (Å²) in [6, 6.07) is 18.4. The fourth-order valence-corrected chi connectivity index (χ4v) is 2.80. The Kier molecular flexibility index (Phi) is 6.14. The van der Waals surface area contributed by atoms with E-state index in [0.29, 0.717) is 34.1 Å². The molecule has 0 saturated carbocycles. The monoisotopic (exact) mass is 392 g/mol. The van der Waals surface area contributed by atoms with E-state index >= 15 is 0 Å². The molecule has 0 aliphatic carbocycles. The third kappa shape index (κ3) is 4.38. The Labute approximate surface area is 168 Å². The van der Waals surface area contributed by atoms with E-state index in [2.05, 4.69) is 0 Å². The quantitative estimate of drug-likeness (QED) is 0.342. The summed E-state index contributed by atoms with van der Waals surface area (Å²) in [5.74, 6) is 0.702. The summed E-state index contributed by atoms with van der Waals surface area (Å²) in [6.45, 7) is 0. The van der Waals surface area contributed by atoms with E-state index < -0.39 is 5.97 Å². The molecule has 6 nitrogen and oxygen atoms in total. The number of hydrogen-bond acceptors (Lipinski definition) is 6. The van der Waals surface area contributed by atoms with Crippen LogP contribution in [0.25, 0.3) is 0 Å². The average Bonchev–Trinajstić information content (AvgIpc) is 2.78. The van der Waals surface area contributed by atoms with E-state index in [1.54, 1.807) is 48.5 Å². The van der Waals surface area contributed by atoms with Gasteiger partial charge in [-0.15, -0.1) is 0 Å². The first-order chi connectivity index (χ1) is 14.1. The predicted octanol–water partition coefficient (Wildman–Crippen LogP) is 4.16. The standard InChI is InChI=1S/C23H20O6/c1-26-19-13-17(14-20(27-2)22(19)28-3)23(25)29-18-11-9-16(10-12-18)21(24)15-7-5-4-6-8-15/h4-14H,1-3H3. The second kappa shape index (κ2) is 8.93. The maximum atomic E-state index is 12.5. The minimum atomic E-state index is -0.591. The molecule has 0 N–H and O–H groups in total. The summed E-state index contributed by atoms with van der Waals surface area (Å²) < 4.78 is 21.2. The van der Waals surface area contributed by atoms with Crippen molar-refractivity contribution in [3.8, 4) is 23.0 Å². The topological polar surface area (TPSA) is 71.1 Å². The minimum absolute atomic E-state index is 0.104. The Morgan fingerprint density at radius 1 is 0.655 bits per heavy atom. The molecule has 0 radical (unpaired) electrons. The number of esters is 1. The van der Waals surface area contributed by atoms with Crippen LogP contribution in [0.3, 0.4) is 0 Å². The summed E-state index contributed by atoms with van der Waals surface area (Å²) in [5, 5.41) is 0. The van der Waals surface area contributed by atoms with Crippen molar-refractivity contribution in [3.63, 3.8) is 0 Å². The van der Waals surface area contributed by atoms with E-state index in [-0.39, 0.29) is 11.3 Å². The third-order valence-electron chi connectivity index (χ3n) is 4.26. The van der Waals surface area contributed by atoms with Gasteiger partial charge < -0.3 is 18.9 Å². The maximum Gasteiger partial charge on any atom is 0.343 e. The number of ketones is 1. The Bertz CT molecular complexity index is 984. The highest BCUT2D eigenvalue weighted by Gasteiger charge is 2.18. The van der Waals surface area contributed by atoms with Crippen molar-refractivity contribution < 1.29 is 28.5 Å². The molecule has 0 atom stereocenters. The number of methoxy groups -OCH3 is 3. The predicted molar refractivity (Wildman–Crippen MR) is 107 cm³/mol. The van der Waals surface area contributed by atoms with Gasteiger partial charge in [-0.2, -0.15) is 0 Å². The second-order valence-electron chi connectivity index (χ2n) is 6.02. The summed E-state index contributed by atoms with van der Waals surface area (Å²) in [4.78, 5) is 25.0. The minimum Gasteiger partial charge on any atom is -0.493 e. The van der Waals surface area contributed by atoms with Crippen LogP contribution in [0.4, 0.5) is 0 Å². The number of carbonyl (C=O) groups excluding carboxylic acids is 2. The molecule has 0 aliphatic rings. The van der Waals surface area contributed by atoms with Gasteiger partial charge in [0.2, 0.25) is 5.75 Å². The van der Waals surface area contributed by atoms with Crippen molar-refractivity contribution >= 4 is 11.8 Å². The van der Waals surface area contributed by atoms with Crippen molar-refractivity contribution in [2.24, 2.45) is 0 Å². The molecule has 0 aliphatic heterocycles. The molecule has 0 heterocycles. The molecule has 6 heteroatoms. The molecule has 0 aromatic heterocycles. The zero-order chi connectivity index (χ0) is 20.8. The maximum absolute atomic E-state index is 12.5. The van der Waals surface area contributed by atoms with Gasteiger partial charge in [0, 0.05) is 11.1 Å². The summed E-state index contributed by atoms with van der Waals surface area (Å²) in [5.41, 5.74) is 1.34. The van der Waals surface area contributed by atoms with E-state index in [1.165, 1.54) is 33.5 Å². The molecule has 0 amide bonds. The van der Waals surface area contributed by atoms with Crippen molar-refractivity contribution in [1.82, 2.24) is 0 Å². The third-order valence-corrected chi connectivity index (χ3v) is 4.26. The molecule has 0 unspecified atom stereocenters. The first-order valence-corrected chi connectivity index (χ1v) is 8.79. The Hall–Kier alpha value is -3.80. The van der Waals surface area contributed by atoms with Gasteiger partial charge in [-0.3, -0.25) is 4.79 Å². The first kappa shape index (κ1) is 19.9. The van der Waals surface area contributed by atoms with Crippen LogP contribution >= 0.6 is 0 Å². The zero-order valence-corrected chi connectivity index (χ0v) is 16.3. The van der Waals surface area contributed by atoms with Crippen LogP contribution in [-0.4, -0.2) is 33.1 Å². The van der Waals surface area contributed by atoms with Crippen LogP contribution in [0, 0.1) is 0 Å². The lowest BCUT2D eigenvalue weighted by Gasteiger charge is -2.13. The molecule has 0 bridgehead atoms. The van der Waals surface area contributed by atoms with Gasteiger partial charge in [0.1, 0.15) is 5.75 Å². The lowest BCUT2D eigenvalue weighted by atomic mass is 10.0. The number of benzene rings is 3. The van der Waals surface area contributed by atoms with Crippen LogP contribution in [0.5, 0.6) is 23.0 Å². The van der Waals surface area contributed by atoms with Crippen molar-refractivity contribution in [2.45, 2.75) is 0 Å². The Morgan fingerprint density at radius 2 is 1.21 bits per heavy atom. The fourth-order valence-electron chi connectivity index (χ4n) is 2.80. The van der Waals surface area contributed by atoms with Crippen molar-refractivity contribution in [1.29, 1.82) is 0 Å². The smallest absolute Gasteiger partial charge is 0.343 e. The van der Waals surface area contributed by atoms with Gasteiger partial charge in [-0.05, 0) is 36.4 Å². The molecule has 3 rings (SSSR count). The summed E-state index contributed by atoms with van der Waals surface area (Å²) in [6.07, 6.45) is 0. The normalized spacial score (nSPS) is 10.2. The Morgan fingerprint density at radius 3 is 1.72 bits per heavy atom. The van der Waals surface area contributed by atoms with Gasteiger partial charge in [-0.1, -0.05) is 30.3 Å². The fraction of sp³-hybridized carbons (Fsp3) is 0.130. The van der Waals surface area contributed by atoms with E-state index in [0.717, 1.165) is 0 Å². The number of rotatable bonds is 7. The first-order valence-electron chi connectivity index (χ1n) is 8.79. The second-order valence-corrected chi connectivity index (χ2v) is 6.02. The van der Waals surface area contributed by atoms with Gasteiger partial charge in [0.25, 0.3) is 0 Å². The molecule has 29 heavy (non-hydrogen) atoms. The van der Waals surface area contributed by atoms with Gasteiger partial charge >= 0.3 is 5.97 Å². The molecule has 0 spiro atoms. The molecule has 0 saturated heterocycles. The SMILES string of the molecule is COc1cc(C(=O)Oc2ccc(C(=O)c3ccccc3)cc2)cc(OC)c1OC. The van der Waals surface area contributed by atoms with Crippen molar-refractivity contribution in [2.75, 3.05) is 21.3 Å². The molecular weight excluding hydrogens is 372 g/mol. The number of hydrogen-bond donors (Lipinski definition) is 0. The van der Waals surface area contributed by atoms with Gasteiger partial charge in [-0.25, -0.2) is 4.79 Å². The van der Waals surface area contributed by atoms with E-state index in [9.17, 15) is 9.59 Å². The van der Waals surface area contributed by atoms with Crippen LogP contribution < -0.4 is 18.9 Å². The molecule has 3 aromatic rings. The number of carbonyl (C=O) groups is 2. The highest BCUT2D eigenvalue weighted by molar-refractivity contribution is 6.09. The largest absolute Gasteiger partial charge is 0.493 e. The molecule has 148 valence electrons. The zero-order valence-electron chi connectivity index (χ0n) is 16.3. The molecule has 0 fully saturated rings. The van der Waals surface area contributed by atoms with Gasteiger partial charge in [0.15, 0.2) is 17.3 Å². The summed E-state index contributed by atoms with van der Waals surface area (Å²) >= 11 is 0. The lowest BCUT2D eigenvalue weighted by Crippen LogP contribution is -2.10. The molecule has 3 aromatic carbocycles. The summed E-state index contributed by atoms with van der Waals surface area (Å²) in [7, 11) is 4.42. The number of ether oxygens (including phenoxy) is 4. The highest BCUT2D eigenvalue weighted by Crippen LogP contribution is 2.38. The Balaban J connectivity index is 1.78. The van der Waals surface area contributed by atoms with Crippen molar-refractivity contribution in [3.05, 3.63) is 83.4 Å². The van der Waals surface area contributed by atoms with E-state index in [4.69, 9.17) is 18.9 Å². The lowest BCUT2D eigenvalue weighted by molar-refractivity contribution is 0.0733. The average molecular weight is 392 g/mol. The van der Waals surface area contributed by atoms with E-state index in [1.807, 2.05) is 6.07 Å². The molecular formula is C23H20O6. The van der Waals surface area contributed by atoms with Gasteiger partial charge in [0.05, 0.1) is 26.9 Å². The van der Waals surface area contributed by atoms with Crippen LogP contribution in [-0.2, 0) is 0 Å². The van der Waals surface area contributed by atoms with Crippen LogP contribution in [0.15, 0.2) is 66.7 Å². The highest BCUT2D eigenvalue weighted by atomic mass is 16.5. The van der Waals surface area contributed by atoms with Crippen LogP contribution in [0.2, 0.25) is 0 Å².